The molecule has 0 bridgehead atoms. The van der Waals surface area contributed by atoms with Gasteiger partial charge in [-0.2, -0.15) is 0 Å². The summed E-state index contributed by atoms with van der Waals surface area (Å²) in [4.78, 5) is 25.4. The van der Waals surface area contributed by atoms with Crippen molar-refractivity contribution in [3.05, 3.63) is 28.7 Å². The number of carbonyl (C=O) groups excluding carboxylic acids is 2. The number of carbonyl (C=O) groups is 2. The average Bonchev–Trinajstić information content (AvgIpc) is 2.58. The molecule has 0 aromatic carbocycles. The average molecular weight is 222 g/mol. The van der Waals surface area contributed by atoms with E-state index in [1.165, 1.54) is 0 Å². The first-order valence-corrected chi connectivity index (χ1v) is 5.29. The summed E-state index contributed by atoms with van der Waals surface area (Å²) in [6, 6.07) is 1.94. The van der Waals surface area contributed by atoms with Gasteiger partial charge >= 0.3 is 0 Å². The van der Waals surface area contributed by atoms with Crippen LogP contribution in [0.25, 0.3) is 6.08 Å². The van der Waals surface area contributed by atoms with E-state index in [9.17, 15) is 9.59 Å². The van der Waals surface area contributed by atoms with Crippen molar-refractivity contribution >= 4 is 28.2 Å². The molecule has 0 spiro atoms. The van der Waals surface area contributed by atoms with E-state index in [0.717, 1.165) is 17.0 Å². The predicted molar refractivity (Wildman–Crippen MR) is 59.4 cm³/mol. The van der Waals surface area contributed by atoms with Crippen molar-refractivity contribution in [2.45, 2.75) is 13.8 Å². The third-order valence-corrected chi connectivity index (χ3v) is 2.82. The largest absolute Gasteiger partial charge is 0.362 e. The maximum absolute atomic E-state index is 11.3. The van der Waals surface area contributed by atoms with Crippen molar-refractivity contribution in [3.63, 3.8) is 0 Å². The molecule has 1 aromatic heterocycles. The summed E-state index contributed by atoms with van der Waals surface area (Å²) in [7, 11) is 0. The maximum Gasteiger partial charge on any atom is 0.291 e. The highest BCUT2D eigenvalue weighted by Crippen LogP contribution is 2.22. The summed E-state index contributed by atoms with van der Waals surface area (Å²) in [5.41, 5.74) is 3.30. The highest BCUT2D eigenvalue weighted by Gasteiger charge is 2.25. The lowest BCUT2D eigenvalue weighted by atomic mass is 10.2. The molecule has 4 nitrogen and oxygen atoms in total. The Labute approximate surface area is 91.1 Å². The molecule has 5 heteroatoms. The van der Waals surface area contributed by atoms with Gasteiger partial charge < -0.3 is 10.3 Å². The van der Waals surface area contributed by atoms with Crippen molar-refractivity contribution in [2.24, 2.45) is 0 Å². The number of hydrogen-bond acceptors (Lipinski definition) is 3. The minimum atomic E-state index is -0.309. The third-order valence-electron chi connectivity index (χ3n) is 2.13. The Kier molecular flexibility index (Phi) is 2.40. The summed E-state index contributed by atoms with van der Waals surface area (Å²) in [6.07, 6.45) is 1.69. The van der Waals surface area contributed by atoms with Crippen LogP contribution in [0, 0.1) is 13.8 Å². The third kappa shape index (κ3) is 1.97. The summed E-state index contributed by atoms with van der Waals surface area (Å²) in [6.45, 7) is 3.87. The van der Waals surface area contributed by atoms with Crippen molar-refractivity contribution in [2.75, 3.05) is 0 Å². The predicted octanol–water partition coefficient (Wildman–Crippen LogP) is 1.96. The van der Waals surface area contributed by atoms with Gasteiger partial charge in [0.2, 0.25) is 5.12 Å². The van der Waals surface area contributed by atoms with Crippen LogP contribution in [0.2, 0.25) is 0 Å². The number of nitrogens with one attached hydrogen (secondary N) is 2. The molecular weight excluding hydrogens is 212 g/mol. The lowest BCUT2D eigenvalue weighted by molar-refractivity contribution is -0.107. The zero-order chi connectivity index (χ0) is 11.0. The highest BCUT2D eigenvalue weighted by atomic mass is 32.2. The molecule has 1 saturated heterocycles. The molecule has 1 fully saturated rings. The van der Waals surface area contributed by atoms with Crippen molar-refractivity contribution in [1.29, 1.82) is 0 Å². The Balaban J connectivity index is 2.34. The fraction of sp³-hybridized carbons (Fsp3) is 0.200. The highest BCUT2D eigenvalue weighted by molar-refractivity contribution is 8.27. The number of aromatic nitrogens is 1. The van der Waals surface area contributed by atoms with Crippen molar-refractivity contribution in [3.8, 4) is 0 Å². The van der Waals surface area contributed by atoms with E-state index in [1.807, 2.05) is 19.9 Å². The first-order chi connectivity index (χ1) is 7.06. The van der Waals surface area contributed by atoms with Gasteiger partial charge in [-0.25, -0.2) is 0 Å². The molecule has 0 unspecified atom stereocenters. The van der Waals surface area contributed by atoms with Crippen LogP contribution in [-0.4, -0.2) is 15.3 Å². The van der Waals surface area contributed by atoms with Gasteiger partial charge in [0.15, 0.2) is 0 Å². The first-order valence-electron chi connectivity index (χ1n) is 4.47. The molecule has 1 amide bonds. The van der Waals surface area contributed by atoms with Crippen LogP contribution < -0.4 is 5.32 Å². The number of thioether (sulfide) groups is 1. The van der Waals surface area contributed by atoms with E-state index in [4.69, 9.17) is 0 Å². The zero-order valence-corrected chi connectivity index (χ0v) is 9.20. The molecule has 2 rings (SSSR count). The van der Waals surface area contributed by atoms with Gasteiger partial charge in [0.05, 0.1) is 5.70 Å². The molecule has 0 radical (unpaired) electrons. The second-order valence-corrected chi connectivity index (χ2v) is 4.34. The number of aromatic amines is 1. The molecule has 2 heterocycles. The van der Waals surface area contributed by atoms with Crippen LogP contribution >= 0.6 is 11.8 Å². The van der Waals surface area contributed by atoms with Gasteiger partial charge in [-0.1, -0.05) is 0 Å². The van der Waals surface area contributed by atoms with Gasteiger partial charge in [-0.3, -0.25) is 9.59 Å². The molecule has 0 saturated carbocycles. The van der Waals surface area contributed by atoms with Crippen LogP contribution in [0.4, 0.5) is 4.79 Å². The fourth-order valence-electron chi connectivity index (χ4n) is 1.47. The quantitative estimate of drug-likeness (QED) is 0.714. The Hall–Kier alpha value is -1.49. The zero-order valence-electron chi connectivity index (χ0n) is 8.38. The summed E-state index contributed by atoms with van der Waals surface area (Å²) in [5.74, 6) is 0. The Bertz CT molecular complexity index is 474. The Morgan fingerprint density at radius 2 is 2.07 bits per heavy atom. The molecule has 1 aliphatic heterocycles. The van der Waals surface area contributed by atoms with Crippen LogP contribution in [-0.2, 0) is 4.79 Å². The minimum Gasteiger partial charge on any atom is -0.362 e. The van der Waals surface area contributed by atoms with E-state index in [-0.39, 0.29) is 10.4 Å². The minimum absolute atomic E-state index is 0.224. The lowest BCUT2D eigenvalue weighted by Crippen LogP contribution is -2.10. The fourth-order valence-corrected chi connectivity index (χ4v) is 2.02. The molecule has 1 aliphatic rings. The van der Waals surface area contributed by atoms with Crippen LogP contribution in [0.3, 0.4) is 0 Å². The van der Waals surface area contributed by atoms with Crippen LogP contribution in [0.1, 0.15) is 17.0 Å². The van der Waals surface area contributed by atoms with E-state index in [2.05, 4.69) is 10.3 Å². The van der Waals surface area contributed by atoms with Gasteiger partial charge in [0.25, 0.3) is 5.24 Å². The molecule has 78 valence electrons. The summed E-state index contributed by atoms with van der Waals surface area (Å²) < 4.78 is 0. The number of H-pyrrole nitrogens is 1. The van der Waals surface area contributed by atoms with Gasteiger partial charge in [-0.15, -0.1) is 0 Å². The smallest absolute Gasteiger partial charge is 0.291 e. The van der Waals surface area contributed by atoms with Crippen LogP contribution in [0.5, 0.6) is 0 Å². The van der Waals surface area contributed by atoms with Gasteiger partial charge in [0, 0.05) is 23.1 Å². The van der Waals surface area contributed by atoms with Crippen molar-refractivity contribution < 1.29 is 9.59 Å². The molecule has 0 atom stereocenters. The van der Waals surface area contributed by atoms with E-state index in [1.54, 1.807) is 6.08 Å². The number of hydrogen-bond donors (Lipinski definition) is 2. The van der Waals surface area contributed by atoms with Crippen molar-refractivity contribution in [1.82, 2.24) is 10.3 Å². The standard InChI is InChI=1S/C10H10N2O2S/c1-5-3-7(6(2)11-5)4-8-9(13)15-10(14)12-8/h3-4,11H,1-2H3,(H,12,14). The number of rotatable bonds is 1. The topological polar surface area (TPSA) is 62.0 Å². The monoisotopic (exact) mass is 222 g/mol. The number of aryl methyl sites for hydroxylation is 2. The molecule has 2 N–H and O–H groups in total. The SMILES string of the molecule is Cc1cc(C=C2NC(=O)SC2=O)c(C)[nH]1. The summed E-state index contributed by atoms with van der Waals surface area (Å²) >= 11 is 0.693. The van der Waals surface area contributed by atoms with E-state index in [0.29, 0.717) is 17.5 Å². The number of amides is 1. The van der Waals surface area contributed by atoms with Gasteiger partial charge in [-0.05, 0) is 31.6 Å². The summed E-state index contributed by atoms with van der Waals surface area (Å²) in [5, 5.41) is 1.98. The molecule has 1 aromatic rings. The second kappa shape index (κ2) is 3.58. The van der Waals surface area contributed by atoms with Crippen LogP contribution in [0.15, 0.2) is 11.8 Å². The second-order valence-electron chi connectivity index (χ2n) is 3.39. The lowest BCUT2D eigenvalue weighted by Gasteiger charge is -1.94. The molecular formula is C10H10N2O2S. The first kappa shape index (κ1) is 10.0. The van der Waals surface area contributed by atoms with E-state index >= 15 is 0 Å². The van der Waals surface area contributed by atoms with Gasteiger partial charge in [0.1, 0.15) is 0 Å². The molecule has 0 aliphatic carbocycles. The maximum atomic E-state index is 11.3. The molecule has 15 heavy (non-hydrogen) atoms. The normalized spacial score (nSPS) is 18.7. The van der Waals surface area contributed by atoms with E-state index < -0.39 is 0 Å². The Morgan fingerprint density at radius 1 is 1.33 bits per heavy atom. The Morgan fingerprint density at radius 3 is 2.53 bits per heavy atom.